The smallest absolute Gasteiger partial charge is 0.328 e. The number of imide groups is 1. The first kappa shape index (κ1) is 19.6. The van der Waals surface area contributed by atoms with Crippen LogP contribution >= 0.6 is 0 Å². The molecule has 0 saturated carbocycles. The van der Waals surface area contributed by atoms with Gasteiger partial charge in [-0.25, -0.2) is 9.69 Å². The van der Waals surface area contributed by atoms with Crippen LogP contribution in [-0.4, -0.2) is 35.0 Å². The van der Waals surface area contributed by atoms with Crippen molar-refractivity contribution in [3.63, 3.8) is 0 Å². The van der Waals surface area contributed by atoms with Crippen molar-refractivity contribution in [3.8, 4) is 6.07 Å². The summed E-state index contributed by atoms with van der Waals surface area (Å²) in [6.07, 6.45) is 0. The molecule has 2 heterocycles. The van der Waals surface area contributed by atoms with Crippen LogP contribution < -0.4 is 15.5 Å². The van der Waals surface area contributed by atoms with Crippen LogP contribution in [0.1, 0.15) is 26.3 Å². The molecule has 0 saturated heterocycles. The van der Waals surface area contributed by atoms with Gasteiger partial charge in [0.2, 0.25) is 0 Å². The number of aromatic nitrogens is 2. The van der Waals surface area contributed by atoms with Crippen LogP contribution in [0.4, 0.5) is 11.4 Å². The van der Waals surface area contributed by atoms with Crippen molar-refractivity contribution in [1.82, 2.24) is 9.13 Å². The second kappa shape index (κ2) is 6.56. The molecule has 2 amide bonds. The second-order valence-electron chi connectivity index (χ2n) is 8.11. The van der Waals surface area contributed by atoms with E-state index in [2.05, 4.69) is 6.07 Å². The summed E-state index contributed by atoms with van der Waals surface area (Å²) in [5.74, 6) is -0.944. The quantitative estimate of drug-likeness (QED) is 0.461. The van der Waals surface area contributed by atoms with Crippen LogP contribution in [0.15, 0.2) is 47.3 Å². The van der Waals surface area contributed by atoms with Gasteiger partial charge in [0.15, 0.2) is 0 Å². The number of carbonyl (C=O) groups excluding carboxylic acids is 2. The molecule has 1 aromatic heterocycles. The number of rotatable bonds is 2. The summed E-state index contributed by atoms with van der Waals surface area (Å²) < 4.78 is 3.01. The average Bonchev–Trinajstić information content (AvgIpc) is 2.99. The molecule has 0 unspecified atom stereocenters. The fraction of sp³-hybridized carbons (Fsp3) is 0.167. The Labute approximate surface area is 183 Å². The zero-order valence-corrected chi connectivity index (χ0v) is 18.0. The van der Waals surface area contributed by atoms with Crippen molar-refractivity contribution in [2.45, 2.75) is 0 Å². The first-order valence-electron chi connectivity index (χ1n) is 9.97. The maximum Gasteiger partial charge on any atom is 0.328 e. The fourth-order valence-corrected chi connectivity index (χ4v) is 4.45. The molecule has 0 spiro atoms. The molecule has 4 aromatic rings. The van der Waals surface area contributed by atoms with Crippen LogP contribution in [0.2, 0.25) is 0 Å². The molecule has 0 atom stereocenters. The Balaban J connectivity index is 1.84. The number of hydrogen-bond acceptors (Lipinski definition) is 5. The zero-order valence-electron chi connectivity index (χ0n) is 18.0. The predicted octanol–water partition coefficient (Wildman–Crippen LogP) is 2.77. The van der Waals surface area contributed by atoms with Crippen LogP contribution in [-0.2, 0) is 14.1 Å². The number of benzene rings is 3. The molecule has 32 heavy (non-hydrogen) atoms. The van der Waals surface area contributed by atoms with Crippen molar-refractivity contribution in [2.24, 2.45) is 14.1 Å². The van der Waals surface area contributed by atoms with Crippen LogP contribution in [0.3, 0.4) is 0 Å². The summed E-state index contributed by atoms with van der Waals surface area (Å²) in [5, 5.41) is 10.7. The number of nitrogens with zero attached hydrogens (tertiary/aromatic N) is 5. The molecule has 0 aliphatic carbocycles. The van der Waals surface area contributed by atoms with Gasteiger partial charge in [-0.05, 0) is 35.7 Å². The molecule has 0 radical (unpaired) electrons. The summed E-state index contributed by atoms with van der Waals surface area (Å²) in [6.45, 7) is 0. The highest BCUT2D eigenvalue weighted by Crippen LogP contribution is 2.39. The monoisotopic (exact) mass is 425 g/mol. The molecule has 0 N–H and O–H groups in total. The van der Waals surface area contributed by atoms with E-state index in [4.69, 9.17) is 0 Å². The molecular formula is C24H19N5O3. The van der Waals surface area contributed by atoms with Gasteiger partial charge in [-0.2, -0.15) is 5.26 Å². The molecule has 8 nitrogen and oxygen atoms in total. The van der Waals surface area contributed by atoms with E-state index in [1.165, 1.54) is 15.2 Å². The second-order valence-corrected chi connectivity index (χ2v) is 8.11. The minimum atomic E-state index is -0.501. The Morgan fingerprint density at radius 2 is 1.53 bits per heavy atom. The minimum absolute atomic E-state index is 0.202. The number of carbonyl (C=O) groups is 2. The van der Waals surface area contributed by atoms with E-state index in [1.54, 1.807) is 55.4 Å². The predicted molar refractivity (Wildman–Crippen MR) is 122 cm³/mol. The number of amides is 2. The van der Waals surface area contributed by atoms with Crippen molar-refractivity contribution in [2.75, 3.05) is 23.9 Å². The van der Waals surface area contributed by atoms with E-state index in [0.29, 0.717) is 49.9 Å². The van der Waals surface area contributed by atoms with Crippen molar-refractivity contribution in [1.29, 1.82) is 5.26 Å². The summed E-state index contributed by atoms with van der Waals surface area (Å²) in [5.41, 5.74) is 3.14. The average molecular weight is 425 g/mol. The van der Waals surface area contributed by atoms with Gasteiger partial charge in [0.1, 0.15) is 0 Å². The number of imidazole rings is 1. The number of anilines is 2. The van der Waals surface area contributed by atoms with Gasteiger partial charge in [0.25, 0.3) is 11.8 Å². The Bertz CT molecular complexity index is 1600. The number of nitriles is 1. The van der Waals surface area contributed by atoms with E-state index in [0.717, 1.165) is 4.90 Å². The lowest BCUT2D eigenvalue weighted by Gasteiger charge is -2.30. The zero-order chi connectivity index (χ0) is 22.9. The Morgan fingerprint density at radius 1 is 0.875 bits per heavy atom. The van der Waals surface area contributed by atoms with E-state index in [1.807, 2.05) is 14.1 Å². The van der Waals surface area contributed by atoms with Gasteiger partial charge < -0.3 is 4.90 Å². The third kappa shape index (κ3) is 2.45. The molecule has 1 aliphatic rings. The highest BCUT2D eigenvalue weighted by molar-refractivity contribution is 6.36. The summed E-state index contributed by atoms with van der Waals surface area (Å²) >= 11 is 0. The minimum Gasteiger partial charge on any atom is -0.376 e. The maximum atomic E-state index is 13.7. The lowest BCUT2D eigenvalue weighted by atomic mass is 9.92. The van der Waals surface area contributed by atoms with Gasteiger partial charge in [-0.1, -0.05) is 12.1 Å². The topological polar surface area (TPSA) is 91.3 Å². The highest BCUT2D eigenvalue weighted by Gasteiger charge is 2.36. The van der Waals surface area contributed by atoms with Crippen molar-refractivity contribution in [3.05, 3.63) is 69.6 Å². The number of aryl methyl sites for hydroxylation is 2. The first-order valence-corrected chi connectivity index (χ1v) is 9.97. The molecule has 3 aromatic carbocycles. The standard InChI is InChI=1S/C24H19N5O3/c1-26(2)17-10-18-19(28(4)24(32)27(18)3)11-20(17)29-22(30)15-7-5-6-14-8-13(12-25)9-16(21(14)15)23(29)31/h5-11H,1-4H3. The highest BCUT2D eigenvalue weighted by atomic mass is 16.2. The molecule has 1 aliphatic heterocycles. The lowest BCUT2D eigenvalue weighted by molar-refractivity contribution is 0.0893. The summed E-state index contributed by atoms with van der Waals surface area (Å²) in [4.78, 5) is 42.7. The van der Waals surface area contributed by atoms with Gasteiger partial charge in [-0.3, -0.25) is 18.7 Å². The largest absolute Gasteiger partial charge is 0.376 e. The third-order valence-corrected chi connectivity index (χ3v) is 6.06. The van der Waals surface area contributed by atoms with Gasteiger partial charge in [0.05, 0.1) is 39.6 Å². The first-order chi connectivity index (χ1) is 15.2. The molecule has 5 rings (SSSR count). The van der Waals surface area contributed by atoms with E-state index in [9.17, 15) is 19.6 Å². The normalized spacial score (nSPS) is 13.2. The number of hydrogen-bond donors (Lipinski definition) is 0. The van der Waals surface area contributed by atoms with Crippen LogP contribution in [0.25, 0.3) is 21.8 Å². The summed E-state index contributed by atoms with van der Waals surface area (Å²) in [7, 11) is 6.96. The molecular weight excluding hydrogens is 406 g/mol. The lowest BCUT2D eigenvalue weighted by Crippen LogP contribution is -2.41. The maximum absolute atomic E-state index is 13.7. The Kier molecular flexibility index (Phi) is 4.01. The molecule has 8 heteroatoms. The molecule has 158 valence electrons. The van der Waals surface area contributed by atoms with Crippen molar-refractivity contribution < 1.29 is 9.59 Å². The molecule has 0 bridgehead atoms. The van der Waals surface area contributed by atoms with E-state index in [-0.39, 0.29) is 5.69 Å². The van der Waals surface area contributed by atoms with Crippen LogP contribution in [0.5, 0.6) is 0 Å². The van der Waals surface area contributed by atoms with E-state index >= 15 is 0 Å². The van der Waals surface area contributed by atoms with Gasteiger partial charge >= 0.3 is 5.69 Å². The summed E-state index contributed by atoms with van der Waals surface area (Å²) in [6, 6.07) is 14.0. The van der Waals surface area contributed by atoms with E-state index < -0.39 is 11.8 Å². The third-order valence-electron chi connectivity index (χ3n) is 6.06. The molecule has 0 fully saturated rings. The number of fused-ring (bicyclic) bond motifs is 1. The van der Waals surface area contributed by atoms with Gasteiger partial charge in [-0.15, -0.1) is 0 Å². The van der Waals surface area contributed by atoms with Crippen molar-refractivity contribution >= 4 is 45.0 Å². The Hall–Kier alpha value is -4.38. The SMILES string of the molecule is CN(C)c1cc2c(cc1N1C(=O)c3cccc4cc(C#N)cc(c34)C1=O)n(C)c(=O)n2C. The fourth-order valence-electron chi connectivity index (χ4n) is 4.45. The van der Waals surface area contributed by atoms with Crippen LogP contribution in [0, 0.1) is 11.3 Å². The van der Waals surface area contributed by atoms with Gasteiger partial charge in [0, 0.05) is 39.1 Å². The Morgan fingerprint density at radius 3 is 2.19 bits per heavy atom.